The van der Waals surface area contributed by atoms with Crippen molar-refractivity contribution in [3.63, 3.8) is 0 Å². The first-order valence-corrected chi connectivity index (χ1v) is 17.9. The molecule has 11 nitrogen and oxygen atoms in total. The molecule has 0 radical (unpaired) electrons. The van der Waals surface area contributed by atoms with Gasteiger partial charge in [0.2, 0.25) is 13.3 Å². The molecular formula is C38H44N3O8P. The molecule has 0 aliphatic heterocycles. The number of rotatable bonds is 13. The van der Waals surface area contributed by atoms with Gasteiger partial charge in [-0.1, -0.05) is 92.7 Å². The van der Waals surface area contributed by atoms with E-state index in [0.29, 0.717) is 11.8 Å². The molecule has 0 saturated heterocycles. The fourth-order valence-corrected chi connectivity index (χ4v) is 6.99. The summed E-state index contributed by atoms with van der Waals surface area (Å²) >= 11 is 0. The molecule has 264 valence electrons. The normalized spacial score (nSPS) is 13.2. The minimum absolute atomic E-state index is 0.0274. The third-order valence-corrected chi connectivity index (χ3v) is 10.2. The number of ketones is 1. The van der Waals surface area contributed by atoms with E-state index in [0.717, 1.165) is 27.2 Å². The van der Waals surface area contributed by atoms with Gasteiger partial charge in [0.25, 0.3) is 0 Å². The number of anilines is 1. The van der Waals surface area contributed by atoms with Crippen LogP contribution in [0.3, 0.4) is 0 Å². The average Bonchev–Trinajstić information content (AvgIpc) is 3.09. The Morgan fingerprint density at radius 1 is 0.760 bits per heavy atom. The monoisotopic (exact) mass is 701 g/mol. The maximum atomic E-state index is 12.7. The SMILES string of the molecule is CC(=O)C(CC(=O)O)NC(=O)[C@H](CC(C)C)NC(=O)C(=O)Nc1ccc(C)c2ccccc12.COP(=O)(Cc1ccccc1)c1ccccc1. The second kappa shape index (κ2) is 18.6. The van der Waals surface area contributed by atoms with Crippen molar-refractivity contribution in [1.29, 1.82) is 0 Å². The molecule has 4 aromatic carbocycles. The first kappa shape index (κ1) is 39.3. The van der Waals surface area contributed by atoms with E-state index >= 15 is 0 Å². The van der Waals surface area contributed by atoms with E-state index in [2.05, 4.69) is 16.0 Å². The van der Waals surface area contributed by atoms with Crippen LogP contribution in [0.25, 0.3) is 10.8 Å². The molecular weight excluding hydrogens is 657 g/mol. The van der Waals surface area contributed by atoms with Crippen molar-refractivity contribution < 1.29 is 38.2 Å². The standard InChI is InChI=1S/C24H29N3O6.C14H15O2P/c1-13(2)11-20(22(31)26-19(15(4)28)12-21(29)30)27-24(33)23(32)25-18-10-9-14(3)16-7-5-6-8-17(16)18;1-16-17(15,14-10-6-3-7-11-14)12-13-8-4-2-5-9-13/h5-10,13,19-20H,11-12H2,1-4H3,(H,25,32)(H,26,31)(H,27,33)(H,29,30);2-11H,12H2,1H3/t19?,20-;/m0./s1. The first-order valence-electron chi connectivity index (χ1n) is 16.1. The summed E-state index contributed by atoms with van der Waals surface area (Å²) in [4.78, 5) is 60.5. The van der Waals surface area contributed by atoms with E-state index in [1.54, 1.807) is 6.07 Å². The zero-order chi connectivity index (χ0) is 36.8. The van der Waals surface area contributed by atoms with Crippen molar-refractivity contribution in [2.45, 2.75) is 58.8 Å². The Labute approximate surface area is 292 Å². The van der Waals surface area contributed by atoms with E-state index < -0.39 is 55.3 Å². The smallest absolute Gasteiger partial charge is 0.313 e. The van der Waals surface area contributed by atoms with Crippen LogP contribution in [0.1, 0.15) is 44.7 Å². The summed E-state index contributed by atoms with van der Waals surface area (Å²) in [6.45, 7) is 6.76. The van der Waals surface area contributed by atoms with Crippen molar-refractivity contribution in [3.8, 4) is 0 Å². The van der Waals surface area contributed by atoms with Crippen molar-refractivity contribution in [1.82, 2.24) is 10.6 Å². The van der Waals surface area contributed by atoms with Gasteiger partial charge in [-0.3, -0.25) is 28.5 Å². The average molecular weight is 702 g/mol. The van der Waals surface area contributed by atoms with Gasteiger partial charge in [-0.15, -0.1) is 0 Å². The number of carbonyl (C=O) groups excluding carboxylic acids is 4. The van der Waals surface area contributed by atoms with Crippen molar-refractivity contribution in [2.75, 3.05) is 12.4 Å². The molecule has 3 atom stereocenters. The Balaban J connectivity index is 0.000000331. The molecule has 4 aromatic rings. The van der Waals surface area contributed by atoms with Gasteiger partial charge in [0.1, 0.15) is 6.04 Å². The molecule has 50 heavy (non-hydrogen) atoms. The molecule has 2 unspecified atom stereocenters. The summed E-state index contributed by atoms with van der Waals surface area (Å²) < 4.78 is 18.0. The van der Waals surface area contributed by atoms with Crippen LogP contribution < -0.4 is 21.3 Å². The second-order valence-corrected chi connectivity index (χ2v) is 14.7. The summed E-state index contributed by atoms with van der Waals surface area (Å²) in [7, 11) is -1.26. The molecule has 0 aliphatic rings. The summed E-state index contributed by atoms with van der Waals surface area (Å²) in [5.74, 6) is -4.49. The van der Waals surface area contributed by atoms with Crippen molar-refractivity contribution in [2.24, 2.45) is 5.92 Å². The summed E-state index contributed by atoms with van der Waals surface area (Å²) in [6.07, 6.45) is 0.0504. The van der Waals surface area contributed by atoms with Crippen LogP contribution >= 0.6 is 7.37 Å². The van der Waals surface area contributed by atoms with Gasteiger partial charge < -0.3 is 25.6 Å². The highest BCUT2D eigenvalue weighted by molar-refractivity contribution is 7.66. The first-order chi connectivity index (χ1) is 23.7. The lowest BCUT2D eigenvalue weighted by Gasteiger charge is -2.22. The van der Waals surface area contributed by atoms with Gasteiger partial charge in [-0.05, 0) is 60.9 Å². The van der Waals surface area contributed by atoms with E-state index in [4.69, 9.17) is 9.63 Å². The predicted octanol–water partition coefficient (Wildman–Crippen LogP) is 5.60. The number of carboxylic acid groups (broad SMARTS) is 1. The Hall–Kier alpha value is -5.12. The zero-order valence-corrected chi connectivity index (χ0v) is 29.7. The van der Waals surface area contributed by atoms with Crippen molar-refractivity contribution in [3.05, 3.63) is 108 Å². The van der Waals surface area contributed by atoms with E-state index in [1.807, 2.05) is 112 Å². The van der Waals surface area contributed by atoms with Gasteiger partial charge in [0.15, 0.2) is 5.78 Å². The highest BCUT2D eigenvalue weighted by Crippen LogP contribution is 2.48. The Kier molecular flexibility index (Phi) is 14.6. The van der Waals surface area contributed by atoms with Crippen LogP contribution in [-0.2, 0) is 39.2 Å². The van der Waals surface area contributed by atoms with E-state index in [1.165, 1.54) is 14.0 Å². The van der Waals surface area contributed by atoms with Gasteiger partial charge in [0.05, 0.1) is 18.6 Å². The molecule has 12 heteroatoms. The number of aliphatic carboxylic acids is 1. The van der Waals surface area contributed by atoms with Crippen LogP contribution in [-0.4, -0.2) is 53.8 Å². The van der Waals surface area contributed by atoms with Gasteiger partial charge in [-0.25, -0.2) is 0 Å². The lowest BCUT2D eigenvalue weighted by molar-refractivity contribution is -0.140. The molecule has 0 bridgehead atoms. The largest absolute Gasteiger partial charge is 0.481 e. The molecule has 0 heterocycles. The van der Waals surface area contributed by atoms with E-state index in [9.17, 15) is 28.5 Å². The van der Waals surface area contributed by atoms with Crippen LogP contribution in [0.5, 0.6) is 0 Å². The molecule has 3 amide bonds. The molecule has 0 fully saturated rings. The lowest BCUT2D eigenvalue weighted by atomic mass is 10.0. The van der Waals surface area contributed by atoms with Crippen LogP contribution in [0, 0.1) is 12.8 Å². The number of hydrogen-bond donors (Lipinski definition) is 4. The van der Waals surface area contributed by atoms with Crippen molar-refractivity contribution >= 4 is 58.6 Å². The number of benzene rings is 4. The quantitative estimate of drug-likeness (QED) is 0.103. The van der Waals surface area contributed by atoms with Gasteiger partial charge in [0, 0.05) is 23.5 Å². The predicted molar refractivity (Wildman–Crippen MR) is 194 cm³/mol. The Morgan fingerprint density at radius 2 is 1.34 bits per heavy atom. The Bertz CT molecular complexity index is 1850. The number of Topliss-reactive ketones (excluding diaryl/α,β-unsaturated/α-hetero) is 1. The number of carboxylic acids is 1. The van der Waals surface area contributed by atoms with Crippen LogP contribution in [0.15, 0.2) is 97.1 Å². The van der Waals surface area contributed by atoms with Gasteiger partial charge >= 0.3 is 17.8 Å². The summed E-state index contributed by atoms with van der Waals surface area (Å²) in [5.41, 5.74) is 2.50. The highest BCUT2D eigenvalue weighted by Gasteiger charge is 2.29. The molecule has 4 rings (SSSR count). The minimum Gasteiger partial charge on any atom is -0.481 e. The third-order valence-electron chi connectivity index (χ3n) is 7.79. The molecule has 0 aliphatic carbocycles. The second-order valence-electron chi connectivity index (χ2n) is 12.2. The number of nitrogens with one attached hydrogen (secondary N) is 3. The molecule has 0 spiro atoms. The fourth-order valence-electron chi connectivity index (χ4n) is 5.15. The van der Waals surface area contributed by atoms with E-state index in [-0.39, 0.29) is 12.3 Å². The summed E-state index contributed by atoms with van der Waals surface area (Å²) in [5, 5.41) is 18.8. The number of amides is 3. The number of aryl methyl sites for hydroxylation is 1. The maximum Gasteiger partial charge on any atom is 0.313 e. The fraction of sp³-hybridized carbons (Fsp3) is 0.289. The topological polar surface area (TPSA) is 168 Å². The zero-order valence-electron chi connectivity index (χ0n) is 28.8. The molecule has 0 saturated carbocycles. The molecule has 0 aromatic heterocycles. The summed E-state index contributed by atoms with van der Waals surface area (Å²) in [6, 6.07) is 27.8. The maximum absolute atomic E-state index is 12.7. The minimum atomic E-state index is -2.77. The Morgan fingerprint density at radius 3 is 1.90 bits per heavy atom. The molecule has 4 N–H and O–H groups in total. The van der Waals surface area contributed by atoms with Crippen LogP contribution in [0.4, 0.5) is 5.69 Å². The van der Waals surface area contributed by atoms with Gasteiger partial charge in [-0.2, -0.15) is 0 Å². The highest BCUT2D eigenvalue weighted by atomic mass is 31.2. The number of fused-ring (bicyclic) bond motifs is 1. The lowest BCUT2D eigenvalue weighted by Crippen LogP contribution is -2.53. The number of hydrogen-bond acceptors (Lipinski definition) is 7. The van der Waals surface area contributed by atoms with Crippen LogP contribution in [0.2, 0.25) is 0 Å². The third kappa shape index (κ3) is 11.5. The number of carbonyl (C=O) groups is 5.